The number of aliphatic hydroxyl groups excluding tert-OH is 7. The number of esters is 1. The zero-order valence-electron chi connectivity index (χ0n) is 29.2. The topological polar surface area (TPSA) is 306 Å². The van der Waals surface area contributed by atoms with Gasteiger partial charge in [-0.15, -0.1) is 0 Å². The van der Waals surface area contributed by atoms with E-state index in [4.69, 9.17) is 32.8 Å². The molecule has 0 aliphatic carbocycles. The fourth-order valence-electron chi connectivity index (χ4n) is 5.97. The number of benzene rings is 3. The van der Waals surface area contributed by atoms with E-state index in [-0.39, 0.29) is 45.3 Å². The summed E-state index contributed by atoms with van der Waals surface area (Å²) >= 11 is 0. The van der Waals surface area contributed by atoms with Gasteiger partial charge in [-0.25, -0.2) is 9.21 Å². The number of hydrogen-bond acceptors (Lipinski definition) is 18. The molecule has 300 valence electrons. The van der Waals surface area contributed by atoms with Crippen LogP contribution in [-0.4, -0.2) is 144 Å². The maximum Gasteiger partial charge on any atom is 0.402 e. The molecule has 3 heterocycles. The van der Waals surface area contributed by atoms with Gasteiger partial charge in [-0.1, -0.05) is 12.1 Å². The minimum absolute atomic E-state index is 0.00873. The predicted molar refractivity (Wildman–Crippen MR) is 187 cm³/mol. The fraction of sp³-hybridized carbons (Fsp3) is 0.351. The average molecular weight is 788 g/mol. The summed E-state index contributed by atoms with van der Waals surface area (Å²) in [5.41, 5.74) is 0.420. The monoisotopic (exact) mass is 787 g/mol. The number of hydrogen-bond donors (Lipinski definition) is 11. The molecule has 3 aromatic carbocycles. The summed E-state index contributed by atoms with van der Waals surface area (Å²) in [6.07, 6.45) is -14.9. The lowest BCUT2D eigenvalue weighted by molar-refractivity contribution is -0.278. The Balaban J connectivity index is 1.35. The molecule has 0 spiro atoms. The first-order valence-corrected chi connectivity index (χ1v) is 16.9. The molecule has 4 aromatic rings. The van der Waals surface area contributed by atoms with Gasteiger partial charge in [0.2, 0.25) is 24.1 Å². The molecular weight excluding hydrogens is 748 g/mol. The van der Waals surface area contributed by atoms with Gasteiger partial charge < -0.3 is 84.6 Å². The second-order valence-corrected chi connectivity index (χ2v) is 12.8. The van der Waals surface area contributed by atoms with E-state index in [2.05, 4.69) is 0 Å². The molecule has 10 unspecified atom stereocenters. The summed E-state index contributed by atoms with van der Waals surface area (Å²) in [6, 6.07) is 11.7. The number of phenolic OH excluding ortho intramolecular Hbond substituents is 4. The summed E-state index contributed by atoms with van der Waals surface area (Å²) in [4.78, 5) is 12.5. The van der Waals surface area contributed by atoms with Crippen molar-refractivity contribution < 1.29 is 93.8 Å². The number of ether oxygens (including phenoxy) is 6. The number of aromatic hydroxyl groups is 4. The predicted octanol–water partition coefficient (Wildman–Crippen LogP) is -0.166. The van der Waals surface area contributed by atoms with Crippen LogP contribution in [0.3, 0.4) is 0 Å². The third-order valence-corrected chi connectivity index (χ3v) is 9.04. The fourth-order valence-corrected chi connectivity index (χ4v) is 5.97. The molecule has 19 nitrogen and oxygen atoms in total. The second kappa shape index (κ2) is 16.7. The van der Waals surface area contributed by atoms with Crippen LogP contribution in [-0.2, 0) is 19.0 Å². The smallest absolute Gasteiger partial charge is 0.402 e. The Kier molecular flexibility index (Phi) is 12.0. The molecule has 0 bridgehead atoms. The molecule has 2 aliphatic heterocycles. The molecule has 0 amide bonds. The van der Waals surface area contributed by atoms with E-state index in [0.717, 1.165) is 24.3 Å². The van der Waals surface area contributed by atoms with Crippen molar-refractivity contribution in [1.29, 1.82) is 0 Å². The van der Waals surface area contributed by atoms with Crippen LogP contribution in [0.5, 0.6) is 40.2 Å². The van der Waals surface area contributed by atoms with E-state index >= 15 is 0 Å². The van der Waals surface area contributed by atoms with Gasteiger partial charge in [-0.05, 0) is 23.8 Å². The normalized spacial score (nSPS) is 27.9. The van der Waals surface area contributed by atoms with Crippen molar-refractivity contribution >= 4 is 23.0 Å². The molecule has 1 aromatic heterocycles. The van der Waals surface area contributed by atoms with Crippen LogP contribution in [0, 0.1) is 0 Å². The minimum Gasteiger partial charge on any atom is -0.508 e. The van der Waals surface area contributed by atoms with Crippen molar-refractivity contribution in [3.63, 3.8) is 0 Å². The van der Waals surface area contributed by atoms with Gasteiger partial charge in [0.25, 0.3) is 0 Å². The van der Waals surface area contributed by atoms with Crippen molar-refractivity contribution in [1.82, 2.24) is 0 Å². The Labute approximate surface area is 316 Å². The highest BCUT2D eigenvalue weighted by molar-refractivity contribution is 5.89. The molecule has 2 aliphatic rings. The zero-order valence-corrected chi connectivity index (χ0v) is 29.2. The highest BCUT2D eigenvalue weighted by Crippen LogP contribution is 2.46. The van der Waals surface area contributed by atoms with Crippen molar-refractivity contribution in [2.45, 2.75) is 61.4 Å². The lowest BCUT2D eigenvalue weighted by Crippen LogP contribution is -2.60. The summed E-state index contributed by atoms with van der Waals surface area (Å²) in [7, 11) is 1.21. The highest BCUT2D eigenvalue weighted by Gasteiger charge is 2.47. The highest BCUT2D eigenvalue weighted by atomic mass is 16.7. The molecule has 2 fully saturated rings. The van der Waals surface area contributed by atoms with Crippen molar-refractivity contribution in [3.05, 3.63) is 66.2 Å². The Morgan fingerprint density at radius 3 is 2.00 bits per heavy atom. The first-order chi connectivity index (χ1) is 26.7. The van der Waals surface area contributed by atoms with Crippen molar-refractivity contribution in [2.75, 3.05) is 20.3 Å². The quantitative estimate of drug-likeness (QED) is 0.0407. The van der Waals surface area contributed by atoms with E-state index in [1.54, 1.807) is 12.1 Å². The van der Waals surface area contributed by atoms with Gasteiger partial charge in [0, 0.05) is 30.3 Å². The average Bonchev–Trinajstić information content (AvgIpc) is 3.18. The molecule has 11 N–H and O–H groups in total. The van der Waals surface area contributed by atoms with E-state index in [1.807, 2.05) is 0 Å². The van der Waals surface area contributed by atoms with Gasteiger partial charge in [-0.2, -0.15) is 0 Å². The van der Waals surface area contributed by atoms with Gasteiger partial charge in [-0.3, -0.25) is 0 Å². The van der Waals surface area contributed by atoms with Crippen LogP contribution in [0.2, 0.25) is 0 Å². The number of carbonyl (C=O) groups is 1. The molecule has 2 saturated heterocycles. The summed E-state index contributed by atoms with van der Waals surface area (Å²) in [6.45, 7) is -1.38. The second-order valence-electron chi connectivity index (χ2n) is 12.8. The number of rotatable bonds is 11. The standard InChI is InChI=1S/C37H38O19/c1-50-23-9-16(8-20(41)28(23)43)35-24(12-19-21(52-35)10-18(40)11-22(19)53-36-33(48)31(46)29(44)25(13-38)55-36)54-37-34(49)32(47)30(45)26(56-37)14-51-27(42)7-4-15-2-5-17(39)6-3-15/h2-12,25-26,29-34,36-38,44-49H,13-14H2,1H3,(H3-,39,40,41,42,43)/p+1. The van der Waals surface area contributed by atoms with E-state index in [0.29, 0.717) is 5.56 Å². The first-order valence-electron chi connectivity index (χ1n) is 16.9. The number of aliphatic hydroxyl groups is 7. The Morgan fingerprint density at radius 1 is 0.732 bits per heavy atom. The van der Waals surface area contributed by atoms with Crippen LogP contribution >= 0.6 is 0 Å². The molecule has 0 saturated carbocycles. The van der Waals surface area contributed by atoms with E-state index in [1.165, 1.54) is 37.5 Å². The zero-order chi connectivity index (χ0) is 40.4. The maximum atomic E-state index is 12.5. The number of fused-ring (bicyclic) bond motifs is 1. The van der Waals surface area contributed by atoms with Crippen LogP contribution in [0.1, 0.15) is 5.56 Å². The summed E-state index contributed by atoms with van der Waals surface area (Å²) in [5.74, 6) is -3.61. The summed E-state index contributed by atoms with van der Waals surface area (Å²) in [5, 5.41) is 114. The van der Waals surface area contributed by atoms with E-state index < -0.39 is 97.8 Å². The molecular formula is C37H39O19+. The molecule has 10 atom stereocenters. The molecule has 19 heteroatoms. The maximum absolute atomic E-state index is 12.5. The number of carbonyl (C=O) groups excluding carboxylic acids is 1. The number of methoxy groups -OCH3 is 1. The van der Waals surface area contributed by atoms with Gasteiger partial charge in [0.05, 0.1) is 25.3 Å². The van der Waals surface area contributed by atoms with Crippen molar-refractivity contribution in [3.8, 4) is 51.6 Å². The third kappa shape index (κ3) is 8.35. The lowest BCUT2D eigenvalue weighted by atomic mass is 9.99. The largest absolute Gasteiger partial charge is 0.508 e. The van der Waals surface area contributed by atoms with Gasteiger partial charge >= 0.3 is 17.3 Å². The van der Waals surface area contributed by atoms with Crippen molar-refractivity contribution in [2.24, 2.45) is 0 Å². The molecule has 6 rings (SSSR count). The molecule has 0 radical (unpaired) electrons. The number of phenols is 4. The van der Waals surface area contributed by atoms with E-state index in [9.17, 15) is 61.0 Å². The Morgan fingerprint density at radius 2 is 1.36 bits per heavy atom. The van der Waals surface area contributed by atoms with Gasteiger partial charge in [0.1, 0.15) is 78.1 Å². The Bertz CT molecular complexity index is 2050. The SMILES string of the molecule is COc1cc(-c2[o+]c3cc(O)cc(OC4OC(CO)C(O)C(O)C4O)c3cc2OC2OC(COC(=O)C=Cc3ccc(O)cc3)C(O)C(O)C2O)cc(O)c1O. The third-order valence-electron chi connectivity index (χ3n) is 9.04. The van der Waals surface area contributed by atoms with Crippen LogP contribution in [0.4, 0.5) is 0 Å². The van der Waals surface area contributed by atoms with Crippen LogP contribution in [0.15, 0.2) is 65.1 Å². The van der Waals surface area contributed by atoms with Crippen LogP contribution < -0.4 is 14.2 Å². The summed E-state index contributed by atoms with van der Waals surface area (Å²) < 4.78 is 39.5. The molecule has 56 heavy (non-hydrogen) atoms. The van der Waals surface area contributed by atoms with Gasteiger partial charge in [0.15, 0.2) is 11.5 Å². The Hall–Kier alpha value is -5.48. The minimum atomic E-state index is -1.94. The first kappa shape index (κ1) is 40.2. The van der Waals surface area contributed by atoms with Crippen LogP contribution in [0.25, 0.3) is 28.4 Å². The lowest BCUT2D eigenvalue weighted by Gasteiger charge is -2.39.